The Hall–Kier alpha value is -1.14. The van der Waals surface area contributed by atoms with E-state index >= 15 is 0 Å². The fourth-order valence-corrected chi connectivity index (χ4v) is 4.34. The van der Waals surface area contributed by atoms with Gasteiger partial charge in [-0.1, -0.05) is 12.8 Å². The number of amides is 1. The van der Waals surface area contributed by atoms with Gasteiger partial charge in [0, 0.05) is 25.7 Å². The predicted octanol–water partition coefficient (Wildman–Crippen LogP) is 1.43. The molecule has 2 aliphatic heterocycles. The molecule has 0 radical (unpaired) electrons. The lowest BCUT2D eigenvalue weighted by Crippen LogP contribution is -2.59. The van der Waals surface area contributed by atoms with Gasteiger partial charge in [-0.2, -0.15) is 0 Å². The van der Waals surface area contributed by atoms with Gasteiger partial charge in [0.2, 0.25) is 5.91 Å². The third kappa shape index (κ3) is 3.91. The van der Waals surface area contributed by atoms with Crippen LogP contribution in [-0.4, -0.2) is 73.2 Å². The maximum Gasteiger partial charge on any atom is 0.310 e. The predicted molar refractivity (Wildman–Crippen MR) is 89.5 cm³/mol. The first-order valence-electron chi connectivity index (χ1n) is 9.49. The second-order valence-corrected chi connectivity index (χ2v) is 7.14. The van der Waals surface area contributed by atoms with Gasteiger partial charge in [0.25, 0.3) is 0 Å². The highest BCUT2D eigenvalue weighted by molar-refractivity contribution is 5.83. The average Bonchev–Trinajstić information content (AvgIpc) is 3.16. The standard InChI is InChI=1S/C18H30N2O4/c1-2-24-18(22)14-6-5-9-19(12-14)17(21)16-13-23-11-10-20(16)15-7-3-4-8-15/h14-16H,2-13H2,1H3/t14-,16?/m0/s1. The molecule has 3 fully saturated rings. The summed E-state index contributed by atoms with van der Waals surface area (Å²) in [5.41, 5.74) is 0. The van der Waals surface area contributed by atoms with Crippen LogP contribution in [0.5, 0.6) is 0 Å². The van der Waals surface area contributed by atoms with E-state index in [0.717, 1.165) is 25.9 Å². The number of hydrogen-bond donors (Lipinski definition) is 0. The molecule has 0 spiro atoms. The SMILES string of the molecule is CCOC(=O)[C@H]1CCCN(C(=O)C2COCCN2C2CCCC2)C1. The number of morpholine rings is 1. The number of piperidine rings is 1. The third-order valence-corrected chi connectivity index (χ3v) is 5.60. The van der Waals surface area contributed by atoms with Crippen LogP contribution in [0.2, 0.25) is 0 Å². The van der Waals surface area contributed by atoms with E-state index in [1.807, 2.05) is 11.8 Å². The molecule has 3 rings (SSSR count). The monoisotopic (exact) mass is 338 g/mol. The first-order chi connectivity index (χ1) is 11.7. The summed E-state index contributed by atoms with van der Waals surface area (Å²) in [6.07, 6.45) is 6.59. The van der Waals surface area contributed by atoms with Crippen molar-refractivity contribution in [2.75, 3.05) is 39.5 Å². The second kappa shape index (κ2) is 8.30. The van der Waals surface area contributed by atoms with Gasteiger partial charge in [-0.05, 0) is 32.6 Å². The fourth-order valence-electron chi connectivity index (χ4n) is 4.34. The summed E-state index contributed by atoms with van der Waals surface area (Å²) < 4.78 is 10.8. The quantitative estimate of drug-likeness (QED) is 0.726. The zero-order valence-electron chi connectivity index (χ0n) is 14.7. The van der Waals surface area contributed by atoms with Crippen LogP contribution in [0.4, 0.5) is 0 Å². The molecule has 0 N–H and O–H groups in total. The lowest BCUT2D eigenvalue weighted by Gasteiger charge is -2.42. The molecule has 1 unspecified atom stereocenters. The van der Waals surface area contributed by atoms with Crippen molar-refractivity contribution in [1.29, 1.82) is 0 Å². The van der Waals surface area contributed by atoms with Crippen molar-refractivity contribution in [3.05, 3.63) is 0 Å². The molecule has 2 saturated heterocycles. The maximum absolute atomic E-state index is 13.1. The van der Waals surface area contributed by atoms with Crippen LogP contribution < -0.4 is 0 Å². The smallest absolute Gasteiger partial charge is 0.310 e. The molecule has 2 atom stereocenters. The Kier molecular flexibility index (Phi) is 6.11. The molecule has 1 amide bonds. The van der Waals surface area contributed by atoms with Gasteiger partial charge < -0.3 is 14.4 Å². The zero-order valence-corrected chi connectivity index (χ0v) is 14.7. The Morgan fingerprint density at radius 2 is 1.92 bits per heavy atom. The number of hydrogen-bond acceptors (Lipinski definition) is 5. The Morgan fingerprint density at radius 3 is 2.67 bits per heavy atom. The van der Waals surface area contributed by atoms with Crippen LogP contribution in [0.1, 0.15) is 45.4 Å². The molecule has 2 heterocycles. The highest BCUT2D eigenvalue weighted by atomic mass is 16.5. The topological polar surface area (TPSA) is 59.1 Å². The van der Waals surface area contributed by atoms with Crippen LogP contribution >= 0.6 is 0 Å². The fraction of sp³-hybridized carbons (Fsp3) is 0.889. The molecular weight excluding hydrogens is 308 g/mol. The first-order valence-corrected chi connectivity index (χ1v) is 9.49. The second-order valence-electron chi connectivity index (χ2n) is 7.14. The number of carbonyl (C=O) groups excluding carboxylic acids is 2. The number of esters is 1. The highest BCUT2D eigenvalue weighted by Gasteiger charge is 2.39. The van der Waals surface area contributed by atoms with Crippen LogP contribution in [0, 0.1) is 5.92 Å². The van der Waals surface area contributed by atoms with Gasteiger partial charge in [-0.3, -0.25) is 14.5 Å². The van der Waals surface area contributed by atoms with E-state index in [-0.39, 0.29) is 23.8 Å². The minimum atomic E-state index is -0.178. The molecule has 136 valence electrons. The Labute approximate surface area is 144 Å². The lowest BCUT2D eigenvalue weighted by atomic mass is 9.97. The van der Waals surface area contributed by atoms with E-state index in [4.69, 9.17) is 9.47 Å². The van der Waals surface area contributed by atoms with Gasteiger partial charge >= 0.3 is 5.97 Å². The number of ether oxygens (including phenoxy) is 2. The summed E-state index contributed by atoms with van der Waals surface area (Å²) in [7, 11) is 0. The van der Waals surface area contributed by atoms with Gasteiger partial charge in [0.05, 0.1) is 25.7 Å². The van der Waals surface area contributed by atoms with Crippen molar-refractivity contribution >= 4 is 11.9 Å². The molecule has 0 aromatic carbocycles. The summed E-state index contributed by atoms with van der Waals surface area (Å²) >= 11 is 0. The molecule has 3 aliphatic rings. The number of nitrogens with zero attached hydrogens (tertiary/aromatic N) is 2. The van der Waals surface area contributed by atoms with Crippen LogP contribution in [0.3, 0.4) is 0 Å². The largest absolute Gasteiger partial charge is 0.466 e. The minimum absolute atomic E-state index is 0.135. The van der Waals surface area contributed by atoms with Crippen LogP contribution in [-0.2, 0) is 19.1 Å². The maximum atomic E-state index is 13.1. The van der Waals surface area contributed by atoms with Crippen molar-refractivity contribution in [1.82, 2.24) is 9.80 Å². The van der Waals surface area contributed by atoms with Gasteiger partial charge in [0.1, 0.15) is 6.04 Å². The molecule has 6 heteroatoms. The number of rotatable bonds is 4. The molecule has 0 aromatic rings. The van der Waals surface area contributed by atoms with Crippen molar-refractivity contribution in [2.45, 2.75) is 57.5 Å². The van der Waals surface area contributed by atoms with Crippen LogP contribution in [0.15, 0.2) is 0 Å². The van der Waals surface area contributed by atoms with Gasteiger partial charge in [-0.25, -0.2) is 0 Å². The first kappa shape index (κ1) is 17.7. The zero-order chi connectivity index (χ0) is 16.9. The van der Waals surface area contributed by atoms with Gasteiger partial charge in [0.15, 0.2) is 0 Å². The minimum Gasteiger partial charge on any atom is -0.466 e. The van der Waals surface area contributed by atoms with Crippen molar-refractivity contribution in [3.8, 4) is 0 Å². The highest BCUT2D eigenvalue weighted by Crippen LogP contribution is 2.28. The average molecular weight is 338 g/mol. The van der Waals surface area contributed by atoms with Crippen molar-refractivity contribution in [2.24, 2.45) is 5.92 Å². The molecule has 1 aliphatic carbocycles. The molecule has 0 bridgehead atoms. The summed E-state index contributed by atoms with van der Waals surface area (Å²) in [5.74, 6) is -0.203. The van der Waals surface area contributed by atoms with E-state index in [2.05, 4.69) is 4.90 Å². The summed E-state index contributed by atoms with van der Waals surface area (Å²) in [4.78, 5) is 29.4. The summed E-state index contributed by atoms with van der Waals surface area (Å²) in [6.45, 7) is 5.49. The van der Waals surface area contributed by atoms with Crippen LogP contribution in [0.25, 0.3) is 0 Å². The molecule has 24 heavy (non-hydrogen) atoms. The third-order valence-electron chi connectivity index (χ3n) is 5.60. The van der Waals surface area contributed by atoms with Gasteiger partial charge in [-0.15, -0.1) is 0 Å². The van der Waals surface area contributed by atoms with E-state index in [9.17, 15) is 9.59 Å². The number of carbonyl (C=O) groups is 2. The molecule has 6 nitrogen and oxygen atoms in total. The van der Waals surface area contributed by atoms with Crippen molar-refractivity contribution in [3.63, 3.8) is 0 Å². The summed E-state index contributed by atoms with van der Waals surface area (Å²) in [5, 5.41) is 0. The van der Waals surface area contributed by atoms with E-state index in [1.165, 1.54) is 25.7 Å². The Balaban J connectivity index is 1.63. The number of likely N-dealkylation sites (tertiary alicyclic amines) is 1. The Morgan fingerprint density at radius 1 is 1.12 bits per heavy atom. The molecule has 1 saturated carbocycles. The van der Waals surface area contributed by atoms with E-state index in [0.29, 0.717) is 32.4 Å². The molecular formula is C18H30N2O4. The molecule has 0 aromatic heterocycles. The van der Waals surface area contributed by atoms with E-state index in [1.54, 1.807) is 0 Å². The normalized spacial score (nSPS) is 29.6. The lowest BCUT2D eigenvalue weighted by molar-refractivity contribution is -0.154. The summed E-state index contributed by atoms with van der Waals surface area (Å²) in [6, 6.07) is 0.344. The van der Waals surface area contributed by atoms with Crippen molar-refractivity contribution < 1.29 is 19.1 Å². The Bertz CT molecular complexity index is 450. The van der Waals surface area contributed by atoms with E-state index < -0.39 is 0 Å².